The predicted octanol–water partition coefficient (Wildman–Crippen LogP) is 2.70. The topological polar surface area (TPSA) is 78.9 Å². The molecule has 8 nitrogen and oxygen atoms in total. The molecule has 0 amide bonds. The summed E-state index contributed by atoms with van der Waals surface area (Å²) in [5, 5.41) is 0. The lowest BCUT2D eigenvalue weighted by Gasteiger charge is -2.29. The molecule has 2 aliphatic rings. The van der Waals surface area contributed by atoms with Gasteiger partial charge in [0.15, 0.2) is 0 Å². The molecule has 0 spiro atoms. The number of anilines is 1. The van der Waals surface area contributed by atoms with E-state index in [0.717, 1.165) is 48.3 Å². The highest BCUT2D eigenvalue weighted by Gasteiger charge is 2.41. The van der Waals surface area contributed by atoms with Gasteiger partial charge in [-0.15, -0.1) is 0 Å². The van der Waals surface area contributed by atoms with E-state index in [2.05, 4.69) is 4.98 Å². The maximum atomic E-state index is 13.4. The van der Waals surface area contributed by atoms with E-state index in [0.29, 0.717) is 25.6 Å². The van der Waals surface area contributed by atoms with Gasteiger partial charge in [-0.05, 0) is 43.4 Å². The van der Waals surface area contributed by atoms with Gasteiger partial charge in [-0.1, -0.05) is 12.1 Å². The van der Waals surface area contributed by atoms with Crippen LogP contribution in [0.25, 0.3) is 11.1 Å². The summed E-state index contributed by atoms with van der Waals surface area (Å²) >= 11 is 0. The number of hydrogen-bond donors (Lipinski definition) is 0. The van der Waals surface area contributed by atoms with Crippen molar-refractivity contribution < 1.29 is 13.2 Å². The molecule has 0 aliphatic carbocycles. The van der Waals surface area contributed by atoms with Crippen LogP contribution in [0.5, 0.6) is 5.75 Å². The minimum Gasteiger partial charge on any atom is -0.497 e. The van der Waals surface area contributed by atoms with Crippen molar-refractivity contribution in [2.75, 3.05) is 45.7 Å². The van der Waals surface area contributed by atoms with Crippen molar-refractivity contribution >= 4 is 16.2 Å². The van der Waals surface area contributed by atoms with Gasteiger partial charge < -0.3 is 9.64 Å². The van der Waals surface area contributed by atoms with Crippen LogP contribution in [-0.2, 0) is 10.2 Å². The van der Waals surface area contributed by atoms with Crippen molar-refractivity contribution in [1.82, 2.24) is 18.6 Å². The molecule has 3 heterocycles. The van der Waals surface area contributed by atoms with Gasteiger partial charge in [-0.2, -0.15) is 17.0 Å². The van der Waals surface area contributed by atoms with Gasteiger partial charge in [0.25, 0.3) is 10.2 Å². The molecule has 1 unspecified atom stereocenters. The van der Waals surface area contributed by atoms with E-state index in [4.69, 9.17) is 9.72 Å². The highest BCUT2D eigenvalue weighted by atomic mass is 32.2. The Labute approximate surface area is 178 Å². The van der Waals surface area contributed by atoms with Crippen molar-refractivity contribution in [3.63, 3.8) is 0 Å². The van der Waals surface area contributed by atoms with Crippen molar-refractivity contribution in [2.24, 2.45) is 0 Å². The van der Waals surface area contributed by atoms with Crippen molar-refractivity contribution in [3.8, 4) is 16.9 Å². The molecule has 2 saturated heterocycles. The zero-order valence-corrected chi connectivity index (χ0v) is 18.6. The quantitative estimate of drug-likeness (QED) is 0.700. The molecule has 30 heavy (non-hydrogen) atoms. The normalized spacial score (nSPS) is 20.6. The van der Waals surface area contributed by atoms with E-state index >= 15 is 0 Å². The largest absolute Gasteiger partial charge is 0.497 e. The number of rotatable bonds is 6. The predicted molar refractivity (Wildman–Crippen MR) is 117 cm³/mol. The molecule has 1 aromatic heterocycles. The summed E-state index contributed by atoms with van der Waals surface area (Å²) in [4.78, 5) is 11.2. The lowest BCUT2D eigenvalue weighted by molar-refractivity contribution is 0.345. The molecule has 2 aliphatic heterocycles. The van der Waals surface area contributed by atoms with E-state index < -0.39 is 10.2 Å². The number of ether oxygens (including phenoxy) is 1. The second kappa shape index (κ2) is 8.49. The third kappa shape index (κ3) is 3.89. The van der Waals surface area contributed by atoms with Crippen LogP contribution in [0, 0.1) is 0 Å². The maximum Gasteiger partial charge on any atom is 0.282 e. The number of nitrogens with zero attached hydrogens (tertiary/aromatic N) is 5. The lowest BCUT2D eigenvalue weighted by Crippen LogP contribution is -2.42. The summed E-state index contributed by atoms with van der Waals surface area (Å²) in [5.41, 5.74) is 2.51. The van der Waals surface area contributed by atoms with E-state index in [1.54, 1.807) is 21.9 Å². The third-order valence-electron chi connectivity index (χ3n) is 5.79. The van der Waals surface area contributed by atoms with Gasteiger partial charge in [0, 0.05) is 45.5 Å². The fourth-order valence-electron chi connectivity index (χ4n) is 4.22. The molecule has 0 saturated carbocycles. The molecule has 162 valence electrons. The molecule has 0 N–H and O–H groups in total. The third-order valence-corrected chi connectivity index (χ3v) is 7.84. The van der Waals surface area contributed by atoms with Crippen LogP contribution in [-0.4, -0.2) is 67.8 Å². The molecule has 0 radical (unpaired) electrons. The number of hydrogen-bond acceptors (Lipinski definition) is 6. The summed E-state index contributed by atoms with van der Waals surface area (Å²) in [6.07, 6.45) is 5.20. The molecule has 2 fully saturated rings. The summed E-state index contributed by atoms with van der Waals surface area (Å²) in [7, 11) is 1.89. The highest BCUT2D eigenvalue weighted by Crippen LogP contribution is 2.40. The zero-order chi connectivity index (χ0) is 21.3. The molecule has 0 bridgehead atoms. The Bertz CT molecular complexity index is 1010. The average molecular weight is 432 g/mol. The van der Waals surface area contributed by atoms with E-state index in [9.17, 15) is 8.42 Å². The van der Waals surface area contributed by atoms with Crippen LogP contribution < -0.4 is 9.64 Å². The molecule has 9 heteroatoms. The number of methoxy groups -OCH3 is 1. The second-order valence-corrected chi connectivity index (χ2v) is 9.86. The lowest BCUT2D eigenvalue weighted by atomic mass is 10.00. The summed E-state index contributed by atoms with van der Waals surface area (Å²) in [5.74, 6) is 1.31. The van der Waals surface area contributed by atoms with Gasteiger partial charge in [-0.3, -0.25) is 0 Å². The Balaban J connectivity index is 1.80. The molecule has 1 atom stereocenters. The minimum absolute atomic E-state index is 0.307. The highest BCUT2D eigenvalue weighted by molar-refractivity contribution is 7.86. The van der Waals surface area contributed by atoms with E-state index in [-0.39, 0.29) is 6.04 Å². The maximum absolute atomic E-state index is 13.4. The smallest absolute Gasteiger partial charge is 0.282 e. The van der Waals surface area contributed by atoms with Crippen molar-refractivity contribution in [2.45, 2.75) is 31.7 Å². The molecule has 2 aromatic rings. The summed E-state index contributed by atoms with van der Waals surface area (Å²) < 4.78 is 35.4. The Morgan fingerprint density at radius 3 is 2.60 bits per heavy atom. The van der Waals surface area contributed by atoms with Gasteiger partial charge in [0.1, 0.15) is 5.75 Å². The van der Waals surface area contributed by atoms with Crippen LogP contribution in [0.2, 0.25) is 0 Å². The minimum atomic E-state index is -3.51. The molecular formula is C21H29N5O3S. The van der Waals surface area contributed by atoms with Gasteiger partial charge in [0.2, 0.25) is 5.95 Å². The first-order chi connectivity index (χ1) is 14.4. The molecule has 4 rings (SSSR count). The van der Waals surface area contributed by atoms with Crippen LogP contribution in [0.4, 0.5) is 5.95 Å². The van der Waals surface area contributed by atoms with Crippen LogP contribution in [0.1, 0.15) is 37.4 Å². The van der Waals surface area contributed by atoms with Crippen LogP contribution in [0.15, 0.2) is 30.5 Å². The first-order valence-electron chi connectivity index (χ1n) is 10.4. The zero-order valence-electron chi connectivity index (χ0n) is 17.8. The fraction of sp³-hybridized carbons (Fsp3) is 0.524. The Hall–Kier alpha value is -2.23. The average Bonchev–Trinajstić information content (AvgIpc) is 3.46. The first kappa shape index (κ1) is 21.0. The van der Waals surface area contributed by atoms with Gasteiger partial charge in [-0.25, -0.2) is 9.97 Å². The Kier molecular flexibility index (Phi) is 5.95. The monoisotopic (exact) mass is 431 g/mol. The number of benzene rings is 1. The van der Waals surface area contributed by atoms with Crippen LogP contribution in [0.3, 0.4) is 0 Å². The summed E-state index contributed by atoms with van der Waals surface area (Å²) in [6, 6.07) is 7.42. The summed E-state index contributed by atoms with van der Waals surface area (Å²) in [6.45, 7) is 1.71. The van der Waals surface area contributed by atoms with Gasteiger partial charge in [0.05, 0.1) is 18.8 Å². The van der Waals surface area contributed by atoms with Crippen molar-refractivity contribution in [3.05, 3.63) is 36.2 Å². The Morgan fingerprint density at radius 2 is 1.90 bits per heavy atom. The first-order valence-corrected chi connectivity index (χ1v) is 11.8. The molecular weight excluding hydrogens is 402 g/mol. The number of aromatic nitrogens is 2. The SMILES string of the molecule is COc1cccc(-c2cnc(N(C)C)nc2C2CCCN2S(=O)(=O)N2CCCC2)c1. The van der Waals surface area contributed by atoms with E-state index in [1.165, 1.54) is 0 Å². The standard InChI is InChI=1S/C21H29N5O3S/c1-24(2)21-22-15-18(16-8-6-9-17(14-16)29-3)20(23-21)19-10-7-13-26(19)30(27,28)25-11-4-5-12-25/h6,8-9,14-15,19H,4-5,7,10-13H2,1-3H3. The second-order valence-electron chi connectivity index (χ2n) is 7.98. The van der Waals surface area contributed by atoms with E-state index in [1.807, 2.05) is 43.3 Å². The molecule has 1 aromatic carbocycles. The van der Waals surface area contributed by atoms with Crippen molar-refractivity contribution in [1.29, 1.82) is 0 Å². The van der Waals surface area contributed by atoms with Crippen LogP contribution >= 0.6 is 0 Å². The fourth-order valence-corrected chi connectivity index (χ4v) is 6.13. The van der Waals surface area contributed by atoms with Gasteiger partial charge >= 0.3 is 0 Å². The Morgan fingerprint density at radius 1 is 1.13 bits per heavy atom.